The predicted octanol–water partition coefficient (Wildman–Crippen LogP) is 3.38. The molecule has 0 radical (unpaired) electrons. The Balaban J connectivity index is 0.00000216. The van der Waals surface area contributed by atoms with Gasteiger partial charge >= 0.3 is 6.09 Å². The normalized spacial score (nSPS) is 24.9. The van der Waals surface area contributed by atoms with Crippen molar-refractivity contribution < 1.29 is 14.3 Å². The molecule has 2 saturated heterocycles. The number of amides is 2. The van der Waals surface area contributed by atoms with Crippen molar-refractivity contribution in [2.45, 2.75) is 19.4 Å². The van der Waals surface area contributed by atoms with Gasteiger partial charge in [0.05, 0.1) is 12.1 Å². The van der Waals surface area contributed by atoms with Gasteiger partial charge < -0.3 is 19.9 Å². The van der Waals surface area contributed by atoms with E-state index in [0.29, 0.717) is 25.3 Å². The number of carbonyl (C=O) groups excluding carboxylic acids is 2. The van der Waals surface area contributed by atoms with Gasteiger partial charge in [-0.25, -0.2) is 4.79 Å². The lowest BCUT2D eigenvalue weighted by Crippen LogP contribution is -2.26. The fourth-order valence-electron chi connectivity index (χ4n) is 5.10. The number of rotatable bonds is 6. The summed E-state index contributed by atoms with van der Waals surface area (Å²) in [6, 6.07) is 8.16. The monoisotopic (exact) mass is 454 g/mol. The molecule has 168 valence electrons. The van der Waals surface area contributed by atoms with Crippen molar-refractivity contribution >= 4 is 41.7 Å². The van der Waals surface area contributed by atoms with E-state index >= 15 is 0 Å². The third-order valence-electron chi connectivity index (χ3n) is 6.91. The third-order valence-corrected chi connectivity index (χ3v) is 6.91. The maximum Gasteiger partial charge on any atom is 0.409 e. The van der Waals surface area contributed by atoms with E-state index < -0.39 is 0 Å². The molecular weight excluding hydrogens is 428 g/mol. The van der Waals surface area contributed by atoms with Crippen molar-refractivity contribution in [1.82, 2.24) is 14.8 Å². The van der Waals surface area contributed by atoms with Crippen LogP contribution in [0.3, 0.4) is 0 Å². The highest BCUT2D eigenvalue weighted by Crippen LogP contribution is 2.45. The van der Waals surface area contributed by atoms with Gasteiger partial charge in [0.15, 0.2) is 0 Å². The number of ether oxygens (including phenoxy) is 1. The predicted molar refractivity (Wildman–Crippen MR) is 124 cm³/mol. The van der Waals surface area contributed by atoms with E-state index in [1.165, 1.54) is 25.1 Å². The molecular formula is C24H27ClN4O3. The Morgan fingerprint density at radius 3 is 2.75 bits per heavy atom. The molecule has 1 aromatic heterocycles. The SMILES string of the molecule is Cl.O=C1Nc2ccc(CCN3CCOC3=O)cc2C1=Cc1cc(CN2CC3C[C@@H]3C2)c[nH]1. The molecule has 4 heterocycles. The highest BCUT2D eigenvalue weighted by molar-refractivity contribution is 6.34. The third kappa shape index (κ3) is 4.02. The number of nitrogens with one attached hydrogen (secondary N) is 2. The molecule has 3 aliphatic heterocycles. The van der Waals surface area contributed by atoms with Crippen LogP contribution in [0.5, 0.6) is 0 Å². The topological polar surface area (TPSA) is 77.7 Å². The molecule has 1 aliphatic carbocycles. The quantitative estimate of drug-likeness (QED) is 0.656. The molecule has 0 bridgehead atoms. The first-order chi connectivity index (χ1) is 15.1. The molecule has 2 atom stereocenters. The van der Waals surface area contributed by atoms with E-state index in [9.17, 15) is 9.59 Å². The van der Waals surface area contributed by atoms with Crippen molar-refractivity contribution in [3.8, 4) is 0 Å². The van der Waals surface area contributed by atoms with Crippen LogP contribution in [0.25, 0.3) is 11.6 Å². The highest BCUT2D eigenvalue weighted by atomic mass is 35.5. The van der Waals surface area contributed by atoms with E-state index in [2.05, 4.69) is 33.5 Å². The number of H-pyrrole nitrogens is 1. The molecule has 7 nitrogen and oxygen atoms in total. The van der Waals surface area contributed by atoms with Crippen molar-refractivity contribution in [2.24, 2.45) is 11.8 Å². The summed E-state index contributed by atoms with van der Waals surface area (Å²) in [5.74, 6) is 1.79. The zero-order valence-electron chi connectivity index (χ0n) is 17.8. The summed E-state index contributed by atoms with van der Waals surface area (Å²) in [5.41, 5.74) is 5.74. The van der Waals surface area contributed by atoms with E-state index in [1.807, 2.05) is 18.2 Å². The minimum Gasteiger partial charge on any atom is -0.448 e. The minimum absolute atomic E-state index is 0. The Kier molecular flexibility index (Phi) is 5.47. The van der Waals surface area contributed by atoms with Crippen LogP contribution >= 0.6 is 12.4 Å². The van der Waals surface area contributed by atoms with Gasteiger partial charge in [-0.05, 0) is 60.1 Å². The van der Waals surface area contributed by atoms with Gasteiger partial charge in [0.1, 0.15) is 6.61 Å². The minimum atomic E-state index is -0.243. The number of piperidine rings is 1. The summed E-state index contributed by atoms with van der Waals surface area (Å²) in [7, 11) is 0. The number of anilines is 1. The first kappa shape index (κ1) is 21.1. The maximum atomic E-state index is 12.6. The Hall–Kier alpha value is -2.77. The molecule has 2 aromatic rings. The lowest BCUT2D eigenvalue weighted by atomic mass is 10.0. The van der Waals surface area contributed by atoms with Crippen LogP contribution in [0.2, 0.25) is 0 Å². The molecule has 1 unspecified atom stereocenters. The van der Waals surface area contributed by atoms with Crippen LogP contribution in [-0.2, 0) is 22.5 Å². The number of likely N-dealkylation sites (tertiary alicyclic amines) is 1. The van der Waals surface area contributed by atoms with Gasteiger partial charge in [-0.15, -0.1) is 12.4 Å². The summed E-state index contributed by atoms with van der Waals surface area (Å²) >= 11 is 0. The van der Waals surface area contributed by atoms with E-state index in [4.69, 9.17) is 4.74 Å². The van der Waals surface area contributed by atoms with Gasteiger partial charge in [-0.3, -0.25) is 9.69 Å². The second-order valence-corrected chi connectivity index (χ2v) is 9.16. The van der Waals surface area contributed by atoms with Crippen LogP contribution in [0.4, 0.5) is 10.5 Å². The summed E-state index contributed by atoms with van der Waals surface area (Å²) in [6.45, 7) is 5.14. The molecule has 1 saturated carbocycles. The number of hydrogen-bond donors (Lipinski definition) is 2. The van der Waals surface area contributed by atoms with Gasteiger partial charge in [0.25, 0.3) is 5.91 Å². The average molecular weight is 455 g/mol. The number of nitrogens with zero attached hydrogens (tertiary/aromatic N) is 2. The van der Waals surface area contributed by atoms with Gasteiger partial charge in [0, 0.05) is 49.3 Å². The molecule has 1 aromatic carbocycles. The Morgan fingerprint density at radius 1 is 1.12 bits per heavy atom. The zero-order chi connectivity index (χ0) is 20.9. The van der Waals surface area contributed by atoms with Crippen LogP contribution in [0.15, 0.2) is 30.5 Å². The van der Waals surface area contributed by atoms with Crippen LogP contribution in [-0.4, -0.2) is 59.6 Å². The molecule has 6 rings (SSSR count). The summed E-state index contributed by atoms with van der Waals surface area (Å²) in [6.07, 6.45) is 5.89. The van der Waals surface area contributed by atoms with Gasteiger partial charge in [-0.2, -0.15) is 0 Å². The molecule has 0 spiro atoms. The molecule has 3 fully saturated rings. The number of cyclic esters (lactones) is 1. The van der Waals surface area contributed by atoms with E-state index in [0.717, 1.165) is 47.3 Å². The van der Waals surface area contributed by atoms with Gasteiger partial charge in [-0.1, -0.05) is 6.07 Å². The first-order valence-corrected chi connectivity index (χ1v) is 11.1. The maximum absolute atomic E-state index is 12.6. The van der Waals surface area contributed by atoms with E-state index in [-0.39, 0.29) is 24.4 Å². The molecule has 8 heteroatoms. The zero-order valence-corrected chi connectivity index (χ0v) is 18.6. The first-order valence-electron chi connectivity index (χ1n) is 11.1. The summed E-state index contributed by atoms with van der Waals surface area (Å²) in [5, 5.41) is 2.96. The molecule has 32 heavy (non-hydrogen) atoms. The van der Waals surface area contributed by atoms with E-state index in [1.54, 1.807) is 4.90 Å². The standard InChI is InChI=1S/C24H26N4O3.ClH/c29-23-21(10-19-7-16(11-25-19)12-27-13-17-9-18(17)14-27)20-8-15(1-2-22(20)26-23)3-4-28-5-6-31-24(28)30;/h1-2,7-8,10-11,17-18,25H,3-6,9,12-14H2,(H,26,29);1H/t17-,18?;/m1./s1. The number of aromatic amines is 1. The Bertz CT molecular complexity index is 1080. The Morgan fingerprint density at radius 2 is 1.97 bits per heavy atom. The number of aromatic nitrogens is 1. The Labute approximate surface area is 193 Å². The number of fused-ring (bicyclic) bond motifs is 2. The average Bonchev–Trinajstić information content (AvgIpc) is 3.17. The van der Waals surface area contributed by atoms with Crippen molar-refractivity contribution in [2.75, 3.05) is 38.1 Å². The van der Waals surface area contributed by atoms with Crippen molar-refractivity contribution in [3.63, 3.8) is 0 Å². The number of hydrogen-bond acceptors (Lipinski definition) is 4. The lowest BCUT2D eigenvalue weighted by molar-refractivity contribution is -0.110. The van der Waals surface area contributed by atoms with Crippen LogP contribution < -0.4 is 5.32 Å². The van der Waals surface area contributed by atoms with Crippen LogP contribution in [0.1, 0.15) is 28.8 Å². The largest absolute Gasteiger partial charge is 0.448 e. The number of benzene rings is 1. The van der Waals surface area contributed by atoms with Crippen molar-refractivity contribution in [1.29, 1.82) is 0 Å². The fourth-order valence-corrected chi connectivity index (χ4v) is 5.10. The number of carbonyl (C=O) groups is 2. The van der Waals surface area contributed by atoms with Gasteiger partial charge in [0.2, 0.25) is 0 Å². The lowest BCUT2D eigenvalue weighted by Gasteiger charge is -2.15. The second kappa shape index (κ2) is 8.30. The molecule has 2 amide bonds. The summed E-state index contributed by atoms with van der Waals surface area (Å²) < 4.78 is 4.99. The molecule has 4 aliphatic rings. The smallest absolute Gasteiger partial charge is 0.409 e. The molecule has 2 N–H and O–H groups in total. The second-order valence-electron chi connectivity index (χ2n) is 9.16. The number of halogens is 1. The van der Waals surface area contributed by atoms with Crippen molar-refractivity contribution in [3.05, 3.63) is 52.8 Å². The fraction of sp³-hybridized carbons (Fsp3) is 0.417. The van der Waals surface area contributed by atoms with Crippen LogP contribution in [0, 0.1) is 11.8 Å². The highest BCUT2D eigenvalue weighted by Gasteiger charge is 2.44. The summed E-state index contributed by atoms with van der Waals surface area (Å²) in [4.78, 5) is 31.8.